The number of nitrogens with one attached hydrogen (secondary N) is 2. The van der Waals surface area contributed by atoms with E-state index in [9.17, 15) is 4.79 Å². The van der Waals surface area contributed by atoms with Crippen LogP contribution in [0.4, 0.5) is 5.82 Å². The van der Waals surface area contributed by atoms with E-state index in [0.717, 1.165) is 46.3 Å². The molecule has 0 bridgehead atoms. The van der Waals surface area contributed by atoms with Crippen LogP contribution in [0.25, 0.3) is 33.2 Å². The molecule has 5 heteroatoms. The smallest absolute Gasteiger partial charge is 0.225 e. The highest BCUT2D eigenvalue weighted by Gasteiger charge is 2.15. The Balaban J connectivity index is 1.38. The minimum absolute atomic E-state index is 0.0201. The maximum Gasteiger partial charge on any atom is 0.225 e. The number of aromatic nitrogens is 3. The van der Waals surface area contributed by atoms with Crippen LogP contribution in [0.15, 0.2) is 78.9 Å². The molecular weight excluding hydrogens is 396 g/mol. The number of hydrogen-bond acceptors (Lipinski definition) is 3. The van der Waals surface area contributed by atoms with Crippen molar-refractivity contribution in [3.8, 4) is 11.4 Å². The Hall–Kier alpha value is -3.99. The standard InChI is InChI=1S/C27H24N4O/c1-18-8-6-14-25(28-18)31-26(32)15-7-11-21-20-10-3-5-13-23(20)30-27(21)24-17-16-19-9-2-4-12-22(19)29-24/h2-6,8-10,12-14,16-17,30H,7,11,15H2,1H3,(H,28,31,32). The molecule has 32 heavy (non-hydrogen) atoms. The Morgan fingerprint density at radius 2 is 1.75 bits per heavy atom. The number of carbonyl (C=O) groups is 1. The summed E-state index contributed by atoms with van der Waals surface area (Å²) < 4.78 is 0. The van der Waals surface area contributed by atoms with Gasteiger partial charge in [-0.2, -0.15) is 0 Å². The van der Waals surface area contributed by atoms with Crippen LogP contribution in [0, 0.1) is 6.92 Å². The Kier molecular flexibility index (Phi) is 5.38. The molecule has 0 saturated carbocycles. The van der Waals surface area contributed by atoms with Gasteiger partial charge in [0.2, 0.25) is 5.91 Å². The predicted molar refractivity (Wildman–Crippen MR) is 130 cm³/mol. The van der Waals surface area contributed by atoms with Crippen LogP contribution in [-0.4, -0.2) is 20.9 Å². The van der Waals surface area contributed by atoms with Crippen LogP contribution in [-0.2, 0) is 11.2 Å². The van der Waals surface area contributed by atoms with Crippen LogP contribution in [0.2, 0.25) is 0 Å². The van der Waals surface area contributed by atoms with Gasteiger partial charge in [0, 0.05) is 28.4 Å². The summed E-state index contributed by atoms with van der Waals surface area (Å²) in [6.45, 7) is 1.91. The lowest BCUT2D eigenvalue weighted by Crippen LogP contribution is -2.12. The van der Waals surface area contributed by atoms with Gasteiger partial charge in [0.25, 0.3) is 0 Å². The molecule has 2 N–H and O–H groups in total. The lowest BCUT2D eigenvalue weighted by atomic mass is 10.0. The molecule has 5 rings (SSSR count). The molecule has 5 aromatic rings. The zero-order chi connectivity index (χ0) is 21.9. The fraction of sp³-hybridized carbons (Fsp3) is 0.148. The maximum atomic E-state index is 12.4. The number of amides is 1. The zero-order valence-electron chi connectivity index (χ0n) is 17.9. The highest BCUT2D eigenvalue weighted by Crippen LogP contribution is 2.31. The van der Waals surface area contributed by atoms with Gasteiger partial charge >= 0.3 is 0 Å². The predicted octanol–water partition coefficient (Wildman–Crippen LogP) is 6.05. The molecule has 1 amide bonds. The molecule has 0 unspecified atom stereocenters. The first kappa shape index (κ1) is 19.9. The number of benzene rings is 2. The molecule has 0 atom stereocenters. The van der Waals surface area contributed by atoms with Crippen molar-refractivity contribution in [2.75, 3.05) is 5.32 Å². The van der Waals surface area contributed by atoms with Crippen molar-refractivity contribution < 1.29 is 4.79 Å². The molecule has 0 saturated heterocycles. The fourth-order valence-electron chi connectivity index (χ4n) is 4.13. The highest BCUT2D eigenvalue weighted by molar-refractivity contribution is 5.92. The van der Waals surface area contributed by atoms with Crippen molar-refractivity contribution in [3.05, 3.63) is 90.1 Å². The van der Waals surface area contributed by atoms with Crippen LogP contribution >= 0.6 is 0 Å². The molecule has 158 valence electrons. The normalized spacial score (nSPS) is 11.2. The third-order valence-corrected chi connectivity index (χ3v) is 5.65. The van der Waals surface area contributed by atoms with Crippen LogP contribution in [0.1, 0.15) is 24.1 Å². The van der Waals surface area contributed by atoms with Crippen LogP contribution < -0.4 is 5.32 Å². The van der Waals surface area contributed by atoms with Crippen LogP contribution in [0.5, 0.6) is 0 Å². The van der Waals surface area contributed by atoms with E-state index in [4.69, 9.17) is 4.98 Å². The summed E-state index contributed by atoms with van der Waals surface area (Å²) in [7, 11) is 0. The number of pyridine rings is 2. The number of hydrogen-bond donors (Lipinski definition) is 2. The second-order valence-corrected chi connectivity index (χ2v) is 7.98. The van der Waals surface area contributed by atoms with Crippen molar-refractivity contribution in [2.24, 2.45) is 0 Å². The summed E-state index contributed by atoms with van der Waals surface area (Å²) in [4.78, 5) is 25.2. The summed E-state index contributed by atoms with van der Waals surface area (Å²) in [5.41, 5.74) is 6.08. The number of aromatic amines is 1. The first-order valence-corrected chi connectivity index (χ1v) is 10.9. The minimum atomic E-state index is -0.0201. The number of aryl methyl sites for hydroxylation is 2. The number of carbonyl (C=O) groups excluding carboxylic acids is 1. The van der Waals surface area contributed by atoms with E-state index in [-0.39, 0.29) is 5.91 Å². The molecule has 0 fully saturated rings. The van der Waals surface area contributed by atoms with E-state index in [2.05, 4.69) is 45.6 Å². The molecule has 0 aliphatic rings. The topological polar surface area (TPSA) is 70.7 Å². The van der Waals surface area contributed by atoms with Crippen molar-refractivity contribution in [1.82, 2.24) is 15.0 Å². The molecule has 2 aromatic carbocycles. The minimum Gasteiger partial charge on any atom is -0.353 e. The second kappa shape index (κ2) is 8.63. The quantitative estimate of drug-likeness (QED) is 0.351. The lowest BCUT2D eigenvalue weighted by molar-refractivity contribution is -0.116. The Bertz CT molecular complexity index is 1420. The van der Waals surface area contributed by atoms with E-state index in [0.29, 0.717) is 12.2 Å². The van der Waals surface area contributed by atoms with Gasteiger partial charge < -0.3 is 10.3 Å². The van der Waals surface area contributed by atoms with E-state index in [1.807, 2.05) is 55.5 Å². The number of para-hydroxylation sites is 2. The van der Waals surface area contributed by atoms with E-state index in [1.54, 1.807) is 0 Å². The molecule has 0 aliphatic carbocycles. The Labute approximate surface area is 186 Å². The molecule has 5 nitrogen and oxygen atoms in total. The Morgan fingerprint density at radius 1 is 0.906 bits per heavy atom. The largest absolute Gasteiger partial charge is 0.353 e. The van der Waals surface area contributed by atoms with Crippen molar-refractivity contribution in [1.29, 1.82) is 0 Å². The molecule has 3 aromatic heterocycles. The molecule has 0 aliphatic heterocycles. The van der Waals surface area contributed by atoms with E-state index < -0.39 is 0 Å². The van der Waals surface area contributed by atoms with Gasteiger partial charge in [-0.1, -0.05) is 48.5 Å². The highest BCUT2D eigenvalue weighted by atomic mass is 16.1. The average Bonchev–Trinajstić information content (AvgIpc) is 3.17. The number of anilines is 1. The van der Waals surface area contributed by atoms with E-state index >= 15 is 0 Å². The zero-order valence-corrected chi connectivity index (χ0v) is 17.9. The summed E-state index contributed by atoms with van der Waals surface area (Å²) in [6.07, 6.45) is 1.95. The van der Waals surface area contributed by atoms with Crippen molar-refractivity contribution in [2.45, 2.75) is 26.2 Å². The third-order valence-electron chi connectivity index (χ3n) is 5.65. The summed E-state index contributed by atoms with van der Waals surface area (Å²) >= 11 is 0. The summed E-state index contributed by atoms with van der Waals surface area (Å²) in [6, 6.07) is 26.2. The van der Waals surface area contributed by atoms with Gasteiger partial charge in [0.1, 0.15) is 5.82 Å². The average molecular weight is 421 g/mol. The van der Waals surface area contributed by atoms with Crippen molar-refractivity contribution >= 4 is 33.5 Å². The molecule has 3 heterocycles. The third kappa shape index (κ3) is 4.10. The second-order valence-electron chi connectivity index (χ2n) is 7.98. The first-order chi connectivity index (χ1) is 15.7. The summed E-state index contributed by atoms with van der Waals surface area (Å²) in [5, 5.41) is 5.20. The molecule has 0 spiro atoms. The fourth-order valence-corrected chi connectivity index (χ4v) is 4.13. The Morgan fingerprint density at radius 3 is 2.66 bits per heavy atom. The summed E-state index contributed by atoms with van der Waals surface area (Å²) in [5.74, 6) is 0.580. The monoisotopic (exact) mass is 420 g/mol. The van der Waals surface area contributed by atoms with Gasteiger partial charge in [-0.05, 0) is 55.7 Å². The SMILES string of the molecule is Cc1cccc(NC(=O)CCCc2c(-c3ccc4ccccc4n3)[nH]c3ccccc23)n1. The lowest BCUT2D eigenvalue weighted by Gasteiger charge is -2.07. The molecular formula is C27H24N4O. The van der Waals surface area contributed by atoms with Gasteiger partial charge in [-0.15, -0.1) is 0 Å². The van der Waals surface area contributed by atoms with Crippen molar-refractivity contribution in [3.63, 3.8) is 0 Å². The van der Waals surface area contributed by atoms with E-state index in [1.165, 1.54) is 10.9 Å². The number of rotatable bonds is 6. The van der Waals surface area contributed by atoms with Gasteiger partial charge in [-0.3, -0.25) is 4.79 Å². The maximum absolute atomic E-state index is 12.4. The number of nitrogens with zero attached hydrogens (tertiary/aromatic N) is 2. The first-order valence-electron chi connectivity index (χ1n) is 10.9. The molecule has 0 radical (unpaired) electrons. The van der Waals surface area contributed by atoms with Gasteiger partial charge in [0.05, 0.1) is 16.9 Å². The van der Waals surface area contributed by atoms with Gasteiger partial charge in [-0.25, -0.2) is 9.97 Å². The number of H-pyrrole nitrogens is 1. The van der Waals surface area contributed by atoms with Crippen LogP contribution in [0.3, 0.4) is 0 Å². The number of fused-ring (bicyclic) bond motifs is 2. The van der Waals surface area contributed by atoms with Gasteiger partial charge in [0.15, 0.2) is 0 Å².